The number of nitrogens with one attached hydrogen (secondary N) is 2. The minimum atomic E-state index is 0. The van der Waals surface area contributed by atoms with Crippen molar-refractivity contribution in [1.82, 2.24) is 10.6 Å². The van der Waals surface area contributed by atoms with E-state index < -0.39 is 0 Å². The van der Waals surface area contributed by atoms with Crippen molar-refractivity contribution >= 4 is 29.9 Å². The van der Waals surface area contributed by atoms with Crippen molar-refractivity contribution in [1.29, 1.82) is 0 Å². The van der Waals surface area contributed by atoms with Crippen molar-refractivity contribution in [2.24, 2.45) is 4.99 Å². The number of nitrogens with zero attached hydrogens (tertiary/aromatic N) is 1. The first-order chi connectivity index (χ1) is 9.65. The Labute approximate surface area is 145 Å². The molecule has 21 heavy (non-hydrogen) atoms. The second-order valence-corrected chi connectivity index (χ2v) is 4.98. The fraction of sp³-hybridized carbons (Fsp3) is 0.562. The minimum Gasteiger partial charge on any atom is -0.489 e. The molecule has 0 fully saturated rings. The van der Waals surface area contributed by atoms with Crippen LogP contribution in [0, 0.1) is 0 Å². The largest absolute Gasteiger partial charge is 0.489 e. The number of benzene rings is 1. The van der Waals surface area contributed by atoms with E-state index in [1.165, 1.54) is 0 Å². The molecule has 0 radical (unpaired) electrons. The number of hydrogen-bond acceptors (Lipinski definition) is 2. The summed E-state index contributed by atoms with van der Waals surface area (Å²) in [4.78, 5) is 4.59. The van der Waals surface area contributed by atoms with Crippen molar-refractivity contribution in [2.45, 2.75) is 46.3 Å². The first-order valence-corrected chi connectivity index (χ1v) is 7.42. The Kier molecular flexibility index (Phi) is 11.1. The van der Waals surface area contributed by atoms with E-state index in [4.69, 9.17) is 4.74 Å². The Morgan fingerprint density at radius 3 is 2.38 bits per heavy atom. The second kappa shape index (κ2) is 11.7. The molecule has 2 N–H and O–H groups in total. The summed E-state index contributed by atoms with van der Waals surface area (Å²) in [7, 11) is 0. The molecule has 0 bridgehead atoms. The van der Waals surface area contributed by atoms with E-state index in [0.29, 0.717) is 12.6 Å². The molecule has 0 aliphatic heterocycles. The molecule has 0 aliphatic carbocycles. The van der Waals surface area contributed by atoms with E-state index in [9.17, 15) is 0 Å². The number of aliphatic imine (C=N–C) groups is 1. The maximum absolute atomic E-state index is 5.93. The summed E-state index contributed by atoms with van der Waals surface area (Å²) in [5, 5.41) is 6.55. The highest BCUT2D eigenvalue weighted by Crippen LogP contribution is 2.12. The molecule has 0 aliphatic rings. The number of rotatable bonds is 7. The minimum absolute atomic E-state index is 0. The third kappa shape index (κ3) is 8.80. The van der Waals surface area contributed by atoms with Crippen LogP contribution in [0.1, 0.15) is 34.1 Å². The topological polar surface area (TPSA) is 45.7 Å². The zero-order valence-corrected chi connectivity index (χ0v) is 15.8. The van der Waals surface area contributed by atoms with E-state index >= 15 is 0 Å². The van der Waals surface area contributed by atoms with Gasteiger partial charge in [0, 0.05) is 12.6 Å². The van der Waals surface area contributed by atoms with Gasteiger partial charge in [-0.3, -0.25) is 0 Å². The van der Waals surface area contributed by atoms with Crippen LogP contribution < -0.4 is 15.4 Å². The zero-order chi connectivity index (χ0) is 14.8. The fourth-order valence-electron chi connectivity index (χ4n) is 1.73. The molecule has 5 heteroatoms. The van der Waals surface area contributed by atoms with Crippen molar-refractivity contribution in [3.63, 3.8) is 0 Å². The van der Waals surface area contributed by atoms with Gasteiger partial charge in [0.25, 0.3) is 0 Å². The van der Waals surface area contributed by atoms with Crippen molar-refractivity contribution in [3.05, 3.63) is 30.3 Å². The maximum atomic E-state index is 5.93. The molecule has 4 nitrogen and oxygen atoms in total. The third-order valence-electron chi connectivity index (χ3n) is 2.72. The van der Waals surface area contributed by atoms with Crippen LogP contribution >= 0.6 is 24.0 Å². The van der Waals surface area contributed by atoms with Crippen LogP contribution in [0.25, 0.3) is 0 Å². The second-order valence-electron chi connectivity index (χ2n) is 4.98. The summed E-state index contributed by atoms with van der Waals surface area (Å²) in [6, 6.07) is 10.3. The van der Waals surface area contributed by atoms with E-state index in [1.54, 1.807) is 0 Å². The Balaban J connectivity index is 0.00000400. The molecule has 0 saturated heterocycles. The summed E-state index contributed by atoms with van der Waals surface area (Å²) in [5.74, 6) is 1.74. The molecule has 0 heterocycles. The molecule has 1 aromatic rings. The molecule has 0 saturated carbocycles. The third-order valence-corrected chi connectivity index (χ3v) is 2.72. The monoisotopic (exact) mass is 405 g/mol. The van der Waals surface area contributed by atoms with Gasteiger partial charge in [0.2, 0.25) is 0 Å². The van der Waals surface area contributed by atoms with Crippen LogP contribution in [0.15, 0.2) is 35.3 Å². The Morgan fingerprint density at radius 1 is 1.19 bits per heavy atom. The summed E-state index contributed by atoms with van der Waals surface area (Å²) in [6.07, 6.45) is 1.03. The molecule has 1 unspecified atom stereocenters. The molecule has 0 amide bonds. The molecular weight excluding hydrogens is 377 g/mol. The Bertz CT molecular complexity index is 396. The van der Waals surface area contributed by atoms with Crippen LogP contribution in [0.3, 0.4) is 0 Å². The molecule has 0 spiro atoms. The Morgan fingerprint density at radius 2 is 1.86 bits per heavy atom. The first kappa shape index (κ1) is 20.0. The molecular formula is C16H28IN3O. The quantitative estimate of drug-likeness (QED) is 0.415. The molecule has 0 aromatic heterocycles. The highest BCUT2D eigenvalue weighted by molar-refractivity contribution is 14.0. The van der Waals surface area contributed by atoms with Gasteiger partial charge in [-0.15, -0.1) is 24.0 Å². The molecule has 120 valence electrons. The predicted molar refractivity (Wildman–Crippen MR) is 101 cm³/mol. The standard InChI is InChI=1S/C16H27N3O.HI/c1-5-14(20-15-10-8-7-9-11-15)12-18-16(17-6-2)19-13(3)4;/h7-11,13-14H,5-6,12H2,1-4H3,(H2,17,18,19);1H. The van der Waals surface area contributed by atoms with Crippen molar-refractivity contribution in [2.75, 3.05) is 13.1 Å². The van der Waals surface area contributed by atoms with Gasteiger partial charge in [0.1, 0.15) is 11.9 Å². The lowest BCUT2D eigenvalue weighted by atomic mass is 10.2. The normalized spacial score (nSPS) is 12.5. The average molecular weight is 405 g/mol. The van der Waals surface area contributed by atoms with Crippen LogP contribution in [0.4, 0.5) is 0 Å². The summed E-state index contributed by atoms with van der Waals surface area (Å²) < 4.78 is 5.93. The molecule has 1 rings (SSSR count). The van der Waals surface area contributed by atoms with Gasteiger partial charge in [-0.05, 0) is 39.3 Å². The van der Waals surface area contributed by atoms with Crippen molar-refractivity contribution in [3.8, 4) is 5.75 Å². The number of ether oxygens (including phenoxy) is 1. The van der Waals surface area contributed by atoms with Crippen LogP contribution in [0.5, 0.6) is 5.75 Å². The Hall–Kier alpha value is -0.980. The summed E-state index contributed by atoms with van der Waals surface area (Å²) >= 11 is 0. The molecule has 1 aromatic carbocycles. The number of guanidine groups is 1. The highest BCUT2D eigenvalue weighted by Gasteiger charge is 2.08. The highest BCUT2D eigenvalue weighted by atomic mass is 127. The lowest BCUT2D eigenvalue weighted by Crippen LogP contribution is -2.41. The van der Waals surface area contributed by atoms with Crippen molar-refractivity contribution < 1.29 is 4.74 Å². The summed E-state index contributed by atoms with van der Waals surface area (Å²) in [5.41, 5.74) is 0. The molecule has 1 atom stereocenters. The smallest absolute Gasteiger partial charge is 0.191 e. The zero-order valence-electron chi connectivity index (χ0n) is 13.4. The lowest BCUT2D eigenvalue weighted by Gasteiger charge is -2.18. The van der Waals surface area contributed by atoms with Gasteiger partial charge in [-0.25, -0.2) is 4.99 Å². The lowest BCUT2D eigenvalue weighted by molar-refractivity contribution is 0.205. The number of hydrogen-bond donors (Lipinski definition) is 2. The van der Waals surface area contributed by atoms with Gasteiger partial charge in [-0.2, -0.15) is 0 Å². The van der Waals surface area contributed by atoms with E-state index in [0.717, 1.165) is 24.7 Å². The van der Waals surface area contributed by atoms with E-state index in [-0.39, 0.29) is 30.1 Å². The van der Waals surface area contributed by atoms with Gasteiger partial charge < -0.3 is 15.4 Å². The van der Waals surface area contributed by atoms with E-state index in [2.05, 4.69) is 43.3 Å². The van der Waals surface area contributed by atoms with Crippen LogP contribution in [0.2, 0.25) is 0 Å². The SMILES string of the molecule is CCNC(=NCC(CC)Oc1ccccc1)NC(C)C.I. The van der Waals surface area contributed by atoms with Gasteiger partial charge in [0.05, 0.1) is 6.54 Å². The fourth-order valence-corrected chi connectivity index (χ4v) is 1.73. The number of para-hydroxylation sites is 1. The summed E-state index contributed by atoms with van der Waals surface area (Å²) in [6.45, 7) is 9.89. The number of halogens is 1. The van der Waals surface area contributed by atoms with E-state index in [1.807, 2.05) is 30.3 Å². The average Bonchev–Trinajstić information content (AvgIpc) is 2.44. The maximum Gasteiger partial charge on any atom is 0.191 e. The van der Waals surface area contributed by atoms with Crippen LogP contribution in [-0.2, 0) is 0 Å². The first-order valence-electron chi connectivity index (χ1n) is 7.42. The van der Waals surface area contributed by atoms with Crippen LogP contribution in [-0.4, -0.2) is 31.2 Å². The van der Waals surface area contributed by atoms with Gasteiger partial charge in [0.15, 0.2) is 5.96 Å². The van der Waals surface area contributed by atoms with Gasteiger partial charge >= 0.3 is 0 Å². The predicted octanol–water partition coefficient (Wildman–Crippen LogP) is 3.43. The van der Waals surface area contributed by atoms with Gasteiger partial charge in [-0.1, -0.05) is 25.1 Å².